The van der Waals surface area contributed by atoms with E-state index in [1.54, 1.807) is 0 Å². The third kappa shape index (κ3) is 3.59. The summed E-state index contributed by atoms with van der Waals surface area (Å²) >= 11 is 1.30. The highest BCUT2D eigenvalue weighted by atomic mass is 32.1. The summed E-state index contributed by atoms with van der Waals surface area (Å²) in [6.07, 6.45) is 2.33. The van der Waals surface area contributed by atoms with Crippen LogP contribution >= 0.6 is 11.3 Å². The average Bonchev–Trinajstić information content (AvgIpc) is 2.63. The molecule has 0 radical (unpaired) electrons. The Bertz CT molecular complexity index is 265. The molecule has 0 saturated heterocycles. The molecule has 1 N–H and O–H groups in total. The van der Waals surface area contributed by atoms with Crippen molar-refractivity contribution in [1.82, 2.24) is 10.2 Å². The maximum absolute atomic E-state index is 8.76. The number of aromatic nitrogens is 2. The van der Waals surface area contributed by atoms with Gasteiger partial charge in [0.15, 0.2) is 0 Å². The predicted octanol–water partition coefficient (Wildman–Crippen LogP) is 1.85. The second-order valence-electron chi connectivity index (χ2n) is 3.32. The van der Waals surface area contributed by atoms with E-state index >= 15 is 0 Å². The first kappa shape index (κ1) is 11.4. The lowest BCUT2D eigenvalue weighted by Crippen LogP contribution is -2.07. The smallest absolute Gasteiger partial charge is 0.294 e. The van der Waals surface area contributed by atoms with Crippen LogP contribution in [0.5, 0.6) is 5.19 Å². The molecule has 0 aromatic carbocycles. The van der Waals surface area contributed by atoms with Gasteiger partial charge in [0, 0.05) is 0 Å². The van der Waals surface area contributed by atoms with Gasteiger partial charge < -0.3 is 9.84 Å². The first-order chi connectivity index (χ1) is 6.76. The Balaban J connectivity index is 2.30. The number of aliphatic hydroxyl groups is 1. The van der Waals surface area contributed by atoms with Gasteiger partial charge in [-0.2, -0.15) is 0 Å². The van der Waals surface area contributed by atoms with Gasteiger partial charge in [-0.15, -0.1) is 5.10 Å². The third-order valence-electron chi connectivity index (χ3n) is 1.86. The van der Waals surface area contributed by atoms with Crippen molar-refractivity contribution in [3.8, 4) is 5.19 Å². The van der Waals surface area contributed by atoms with Crippen molar-refractivity contribution >= 4 is 11.3 Å². The molecule has 4 nitrogen and oxygen atoms in total. The Labute approximate surface area is 87.9 Å². The molecular formula is C9H16N2O2S. The van der Waals surface area contributed by atoms with Crippen LogP contribution in [-0.4, -0.2) is 21.9 Å². The minimum atomic E-state index is -0.0639. The highest BCUT2D eigenvalue weighted by molar-refractivity contribution is 7.13. The minimum Gasteiger partial charge on any atom is -0.469 e. The van der Waals surface area contributed by atoms with E-state index in [1.165, 1.54) is 17.8 Å². The van der Waals surface area contributed by atoms with Crippen LogP contribution in [0.3, 0.4) is 0 Å². The van der Waals surface area contributed by atoms with Gasteiger partial charge in [-0.3, -0.25) is 0 Å². The van der Waals surface area contributed by atoms with Crippen LogP contribution in [0.15, 0.2) is 0 Å². The van der Waals surface area contributed by atoms with Crippen molar-refractivity contribution in [3.05, 3.63) is 5.01 Å². The Morgan fingerprint density at radius 3 is 2.86 bits per heavy atom. The van der Waals surface area contributed by atoms with Crippen LogP contribution in [0, 0.1) is 5.92 Å². The molecule has 0 bridgehead atoms. The zero-order valence-electron chi connectivity index (χ0n) is 8.56. The highest BCUT2D eigenvalue weighted by Crippen LogP contribution is 2.18. The van der Waals surface area contributed by atoms with E-state index in [1.807, 2.05) is 0 Å². The Hall–Kier alpha value is -0.680. The lowest BCUT2D eigenvalue weighted by atomic mass is 10.1. The molecule has 0 aliphatic heterocycles. The minimum absolute atomic E-state index is 0.0639. The van der Waals surface area contributed by atoms with E-state index in [0.29, 0.717) is 22.7 Å². The molecule has 0 amide bonds. The predicted molar refractivity (Wildman–Crippen MR) is 55.4 cm³/mol. The number of ether oxygens (including phenoxy) is 1. The summed E-state index contributed by atoms with van der Waals surface area (Å²) in [7, 11) is 0. The molecule has 1 heterocycles. The van der Waals surface area contributed by atoms with Crippen molar-refractivity contribution in [2.75, 3.05) is 6.61 Å². The van der Waals surface area contributed by atoms with Gasteiger partial charge in [-0.25, -0.2) is 0 Å². The summed E-state index contributed by atoms with van der Waals surface area (Å²) in [6, 6.07) is 0. The summed E-state index contributed by atoms with van der Waals surface area (Å²) < 4.78 is 5.44. The lowest BCUT2D eigenvalue weighted by Gasteiger charge is -2.08. The zero-order valence-corrected chi connectivity index (χ0v) is 9.38. The maximum atomic E-state index is 8.76. The van der Waals surface area contributed by atoms with Crippen molar-refractivity contribution in [3.63, 3.8) is 0 Å². The van der Waals surface area contributed by atoms with Gasteiger partial charge in [0.05, 0.1) is 13.2 Å². The molecule has 0 aliphatic rings. The number of hydrogen-bond acceptors (Lipinski definition) is 5. The number of nitrogens with zero attached hydrogens (tertiary/aromatic N) is 2. The lowest BCUT2D eigenvalue weighted by molar-refractivity contribution is 0.248. The second-order valence-corrected chi connectivity index (χ2v) is 4.35. The fraction of sp³-hybridized carbons (Fsp3) is 0.778. The zero-order chi connectivity index (χ0) is 10.4. The van der Waals surface area contributed by atoms with Crippen molar-refractivity contribution < 1.29 is 9.84 Å². The number of rotatable bonds is 6. The third-order valence-corrected chi connectivity index (χ3v) is 2.68. The monoisotopic (exact) mass is 216 g/mol. The molecule has 0 spiro atoms. The molecule has 0 saturated carbocycles. The van der Waals surface area contributed by atoms with Crippen LogP contribution in [0.25, 0.3) is 0 Å². The van der Waals surface area contributed by atoms with Gasteiger partial charge in [-0.1, -0.05) is 36.7 Å². The molecule has 1 aromatic heterocycles. The van der Waals surface area contributed by atoms with Gasteiger partial charge in [-0.05, 0) is 12.3 Å². The summed E-state index contributed by atoms with van der Waals surface area (Å²) in [5, 5.41) is 17.5. The first-order valence-electron chi connectivity index (χ1n) is 4.82. The number of hydrogen-bond donors (Lipinski definition) is 1. The van der Waals surface area contributed by atoms with Crippen LogP contribution in [0.4, 0.5) is 0 Å². The summed E-state index contributed by atoms with van der Waals surface area (Å²) in [6.45, 7) is 4.92. The van der Waals surface area contributed by atoms with Crippen molar-refractivity contribution in [1.29, 1.82) is 0 Å². The quantitative estimate of drug-likeness (QED) is 0.788. The molecule has 14 heavy (non-hydrogen) atoms. The molecule has 1 unspecified atom stereocenters. The standard InChI is InChI=1S/C9H16N2O2S/c1-3-4-7(2)6-13-9-11-10-8(5-12)14-9/h7,12H,3-6H2,1-2H3. The number of aliphatic hydroxyl groups excluding tert-OH is 1. The molecule has 80 valence electrons. The van der Waals surface area contributed by atoms with E-state index in [2.05, 4.69) is 24.0 Å². The van der Waals surface area contributed by atoms with Crippen molar-refractivity contribution in [2.24, 2.45) is 5.92 Å². The molecule has 1 atom stereocenters. The summed E-state index contributed by atoms with van der Waals surface area (Å²) in [5.74, 6) is 0.543. The van der Waals surface area contributed by atoms with E-state index < -0.39 is 0 Å². The molecule has 1 aromatic rings. The fourth-order valence-corrected chi connectivity index (χ4v) is 1.71. The Morgan fingerprint density at radius 1 is 1.50 bits per heavy atom. The highest BCUT2D eigenvalue weighted by Gasteiger charge is 2.06. The van der Waals surface area contributed by atoms with Crippen LogP contribution in [0.1, 0.15) is 31.7 Å². The summed E-state index contributed by atoms with van der Waals surface area (Å²) in [5.41, 5.74) is 0. The molecule has 5 heteroatoms. The molecule has 1 rings (SSSR count). The molecular weight excluding hydrogens is 200 g/mol. The van der Waals surface area contributed by atoms with Gasteiger partial charge in [0.25, 0.3) is 5.19 Å². The van der Waals surface area contributed by atoms with Gasteiger partial charge in [0.1, 0.15) is 5.01 Å². The fourth-order valence-electron chi connectivity index (χ4n) is 1.15. The summed E-state index contributed by atoms with van der Waals surface area (Å²) in [4.78, 5) is 0. The van der Waals surface area contributed by atoms with E-state index in [9.17, 15) is 0 Å². The second kappa shape index (κ2) is 5.93. The van der Waals surface area contributed by atoms with Crippen LogP contribution in [0.2, 0.25) is 0 Å². The van der Waals surface area contributed by atoms with Gasteiger partial charge in [0.2, 0.25) is 0 Å². The van der Waals surface area contributed by atoms with E-state index in [-0.39, 0.29) is 6.61 Å². The van der Waals surface area contributed by atoms with Gasteiger partial charge >= 0.3 is 0 Å². The van der Waals surface area contributed by atoms with E-state index in [0.717, 1.165) is 6.42 Å². The largest absolute Gasteiger partial charge is 0.469 e. The Kier molecular flexibility index (Phi) is 4.82. The van der Waals surface area contributed by atoms with Crippen molar-refractivity contribution in [2.45, 2.75) is 33.3 Å². The molecule has 0 fully saturated rings. The van der Waals surface area contributed by atoms with Crippen LogP contribution in [-0.2, 0) is 6.61 Å². The first-order valence-corrected chi connectivity index (χ1v) is 5.64. The normalized spacial score (nSPS) is 12.8. The topological polar surface area (TPSA) is 55.2 Å². The van der Waals surface area contributed by atoms with Crippen LogP contribution < -0.4 is 4.74 Å². The van der Waals surface area contributed by atoms with E-state index in [4.69, 9.17) is 9.84 Å². The molecule has 0 aliphatic carbocycles. The Morgan fingerprint density at radius 2 is 2.29 bits per heavy atom. The average molecular weight is 216 g/mol. The maximum Gasteiger partial charge on any atom is 0.294 e. The SMILES string of the molecule is CCCC(C)COc1nnc(CO)s1.